The summed E-state index contributed by atoms with van der Waals surface area (Å²) in [5, 5.41) is 36.4. The van der Waals surface area contributed by atoms with Gasteiger partial charge in [-0.25, -0.2) is 30.7 Å². The quantitative estimate of drug-likeness (QED) is 0.0378. The molecule has 0 aliphatic heterocycles. The Labute approximate surface area is 864 Å². The molecule has 0 heterocycles. The van der Waals surface area contributed by atoms with Crippen molar-refractivity contribution in [3.8, 4) is 5.75 Å². The molecule has 0 aliphatic carbocycles. The number of hydrogen-bond acceptors (Lipinski definition) is 5. The van der Waals surface area contributed by atoms with Gasteiger partial charge in [-0.1, -0.05) is 508 Å². The molecule has 738 valence electrons. The highest BCUT2D eigenvalue weighted by Crippen LogP contribution is 2.25. The standard InChI is InChI=1S/C16H15FO.C16H16O.3C15H13FO.C15H14.C14H10ClF.2C14H11F/c1-12-2-9-16(17)15(10-12)8-7-13-3-5-14(11-18)6-4-13;1-13-2-4-14(5-3-13)6-7-15-8-10-16(12-17)11-9-15;1-17-15-9-5-3-7-13(15)11-10-12-6-2-4-8-14(12)16;16-15-3-1-2-13(10-15)7-4-12-5-8-14(11-17)9-6-12;16-15-4-2-1-3-14(15)10-9-12-5-7-13(11-17)8-6-12;1-13-7-9-15(10-8-13)12-11-14-5-3-2-4-6-14;15-13-9-6-11(7-10-13)5-8-12-3-1-2-4-14(12)16;15-14-9-5-4-8-13(14)11-10-12-6-2-1-3-7-12;15-14-8-4-7-13(11-14)10-9-12-5-2-1-3-6-12/h2-10,18H,11H2,1H3;2-11,17H,12H2,1H3;2-11H,1H3;2*1-10,17H,11H2;2-12H,1H3;1-10H;2*1-11H/b8-7+;7-6+;11-10+;7-4+;10-9+;12-11+;8-5+;11-10+;10-9+. The van der Waals surface area contributed by atoms with E-state index in [1.807, 2.05) is 310 Å². The van der Waals surface area contributed by atoms with Gasteiger partial charge in [0.25, 0.3) is 0 Å². The summed E-state index contributed by atoms with van der Waals surface area (Å²) in [6, 6.07) is 137. The van der Waals surface area contributed by atoms with Gasteiger partial charge in [-0.3, -0.25) is 0 Å². The molecule has 13 heteroatoms. The van der Waals surface area contributed by atoms with E-state index in [4.69, 9.17) is 36.8 Å². The van der Waals surface area contributed by atoms with E-state index in [-0.39, 0.29) is 67.1 Å². The normalized spacial score (nSPS) is 10.9. The molecule has 0 aliphatic rings. The molecule has 0 radical (unpaired) electrons. The zero-order valence-electron chi connectivity index (χ0n) is 82.2. The Morgan fingerprint density at radius 3 is 0.687 bits per heavy atom. The second-order valence-electron chi connectivity index (χ2n) is 33.2. The van der Waals surface area contributed by atoms with Crippen molar-refractivity contribution >= 4 is 121 Å². The van der Waals surface area contributed by atoms with Crippen LogP contribution in [0.1, 0.15) is 139 Å². The lowest BCUT2D eigenvalue weighted by molar-refractivity contribution is 0.281. The third-order valence-electron chi connectivity index (χ3n) is 21.8. The fourth-order valence-electron chi connectivity index (χ4n) is 13.5. The van der Waals surface area contributed by atoms with E-state index < -0.39 is 0 Å². The van der Waals surface area contributed by atoms with Crippen LogP contribution < -0.4 is 4.74 Å². The molecule has 0 unspecified atom stereocenters. The van der Waals surface area contributed by atoms with Crippen LogP contribution in [0.25, 0.3) is 109 Å². The smallest absolute Gasteiger partial charge is 0.130 e. The number of aliphatic hydroxyl groups is 4. The molecule has 18 aromatic rings. The highest BCUT2D eigenvalue weighted by Gasteiger charge is 2.06. The van der Waals surface area contributed by atoms with E-state index >= 15 is 0 Å². The van der Waals surface area contributed by atoms with Crippen molar-refractivity contribution in [3.05, 3.63) is 634 Å². The first-order chi connectivity index (χ1) is 71.6. The van der Waals surface area contributed by atoms with Crippen LogP contribution in [0.15, 0.2) is 449 Å². The fourth-order valence-corrected chi connectivity index (χ4v) is 13.6. The Morgan fingerprint density at radius 1 is 0.190 bits per heavy atom. The van der Waals surface area contributed by atoms with Crippen LogP contribution in [-0.2, 0) is 26.4 Å². The van der Waals surface area contributed by atoms with Crippen LogP contribution in [0.2, 0.25) is 5.02 Å². The van der Waals surface area contributed by atoms with Crippen LogP contribution in [0.5, 0.6) is 5.75 Å². The molecule has 0 spiro atoms. The third kappa shape index (κ3) is 43.0. The van der Waals surface area contributed by atoms with Crippen molar-refractivity contribution in [3.63, 3.8) is 0 Å². The molecular formula is C134H116ClF7O5. The average molecular weight is 1970 g/mol. The summed E-state index contributed by atoms with van der Waals surface area (Å²) in [5.41, 5.74) is 23.7. The Morgan fingerprint density at radius 2 is 0.401 bits per heavy atom. The van der Waals surface area contributed by atoms with Crippen molar-refractivity contribution in [2.24, 2.45) is 0 Å². The first-order valence-corrected chi connectivity index (χ1v) is 47.9. The largest absolute Gasteiger partial charge is 0.496 e. The van der Waals surface area contributed by atoms with Gasteiger partial charge in [0.15, 0.2) is 0 Å². The first-order valence-electron chi connectivity index (χ1n) is 47.5. The minimum Gasteiger partial charge on any atom is -0.496 e. The van der Waals surface area contributed by atoms with Gasteiger partial charge in [-0.15, -0.1) is 0 Å². The van der Waals surface area contributed by atoms with Crippen molar-refractivity contribution in [1.82, 2.24) is 0 Å². The van der Waals surface area contributed by atoms with Gasteiger partial charge in [0.05, 0.1) is 33.5 Å². The number of hydrogen-bond donors (Lipinski definition) is 4. The van der Waals surface area contributed by atoms with E-state index in [2.05, 4.69) is 111 Å². The van der Waals surface area contributed by atoms with Crippen LogP contribution >= 0.6 is 11.6 Å². The maximum atomic E-state index is 13.5. The minimum atomic E-state index is -0.234. The Bertz CT molecular complexity index is 7230. The summed E-state index contributed by atoms with van der Waals surface area (Å²) in [7, 11) is 1.62. The van der Waals surface area contributed by atoms with Gasteiger partial charge in [0, 0.05) is 38.4 Å². The van der Waals surface area contributed by atoms with Crippen LogP contribution in [0, 0.1) is 61.5 Å². The SMILES string of the molecule is COc1ccccc1/C=C/c1ccccc1F.Cc1ccc(/C=C/c2ccc(CO)cc2)cc1.Cc1ccc(/C=C/c2ccccc2)cc1.Cc1ccc(F)c(/C=C/c2ccc(CO)cc2)c1.Fc1cccc(/C=C/c2ccccc2)c1.Fc1ccccc1/C=C/c1ccc(Cl)cc1.Fc1ccccc1/C=C/c1ccccc1.OCc1ccc(/C=C/c2cccc(F)c2)cc1.OCc1ccc(/C=C/c2ccccc2F)cc1. The Hall–Kier alpha value is -16.9. The molecule has 5 nitrogen and oxygen atoms in total. The predicted molar refractivity (Wildman–Crippen MR) is 605 cm³/mol. The van der Waals surface area contributed by atoms with E-state index in [1.165, 1.54) is 82.4 Å². The van der Waals surface area contributed by atoms with Crippen LogP contribution in [-0.4, -0.2) is 27.5 Å². The van der Waals surface area contributed by atoms with E-state index in [1.54, 1.807) is 110 Å². The number of rotatable bonds is 23. The zero-order chi connectivity index (χ0) is 104. The lowest BCUT2D eigenvalue weighted by Crippen LogP contribution is -1.85. The maximum Gasteiger partial charge on any atom is 0.130 e. The molecule has 18 rings (SSSR count). The number of methoxy groups -OCH3 is 1. The molecule has 18 aromatic carbocycles. The molecule has 0 aromatic heterocycles. The third-order valence-corrected chi connectivity index (χ3v) is 22.1. The van der Waals surface area contributed by atoms with Gasteiger partial charge < -0.3 is 25.2 Å². The summed E-state index contributed by atoms with van der Waals surface area (Å²) in [5.74, 6) is -0.733. The molecule has 0 saturated heterocycles. The summed E-state index contributed by atoms with van der Waals surface area (Å²) < 4.78 is 97.8. The van der Waals surface area contributed by atoms with Gasteiger partial charge in [-0.05, 0) is 189 Å². The van der Waals surface area contributed by atoms with E-state index in [9.17, 15) is 30.7 Å². The highest BCUT2D eigenvalue weighted by molar-refractivity contribution is 6.30. The molecular weight excluding hydrogens is 1860 g/mol. The number of aryl methyl sites for hydroxylation is 3. The van der Waals surface area contributed by atoms with Gasteiger partial charge in [0.1, 0.15) is 46.5 Å². The van der Waals surface area contributed by atoms with Crippen molar-refractivity contribution < 1.29 is 55.9 Å². The predicted octanol–water partition coefficient (Wildman–Crippen LogP) is 35.2. The molecule has 0 fully saturated rings. The van der Waals surface area contributed by atoms with Gasteiger partial charge in [0.2, 0.25) is 0 Å². The summed E-state index contributed by atoms with van der Waals surface area (Å²) in [6.45, 7) is 6.35. The van der Waals surface area contributed by atoms with E-state index in [0.717, 1.165) is 89.2 Å². The summed E-state index contributed by atoms with van der Waals surface area (Å²) >= 11 is 5.77. The van der Waals surface area contributed by atoms with Gasteiger partial charge in [-0.2, -0.15) is 0 Å². The maximum absolute atomic E-state index is 13.5. The lowest BCUT2D eigenvalue weighted by Gasteiger charge is -2.03. The fraction of sp³-hybridized carbons (Fsp3) is 0.0597. The lowest BCUT2D eigenvalue weighted by atomic mass is 10.1. The van der Waals surface area contributed by atoms with E-state index in [0.29, 0.717) is 32.8 Å². The Balaban J connectivity index is 0.000000169. The first kappa shape index (κ1) is 112. The number of benzene rings is 18. The topological polar surface area (TPSA) is 90.2 Å². The summed E-state index contributed by atoms with van der Waals surface area (Å²) in [4.78, 5) is 0. The van der Waals surface area contributed by atoms with Crippen LogP contribution in [0.3, 0.4) is 0 Å². The minimum absolute atomic E-state index is 0.0382. The molecule has 0 amide bonds. The number of ether oxygens (including phenoxy) is 1. The molecule has 0 bridgehead atoms. The van der Waals surface area contributed by atoms with Crippen LogP contribution in [0.4, 0.5) is 30.7 Å². The highest BCUT2D eigenvalue weighted by atomic mass is 35.5. The van der Waals surface area contributed by atoms with Crippen molar-refractivity contribution in [2.45, 2.75) is 47.2 Å². The van der Waals surface area contributed by atoms with Crippen molar-refractivity contribution in [2.75, 3.05) is 7.11 Å². The second kappa shape index (κ2) is 63.9. The monoisotopic (exact) mass is 1970 g/mol. The number of para-hydroxylation sites is 1. The second-order valence-corrected chi connectivity index (χ2v) is 33.6. The molecule has 4 N–H and O–H groups in total. The van der Waals surface area contributed by atoms with Gasteiger partial charge >= 0.3 is 0 Å². The number of halogens is 8. The molecule has 147 heavy (non-hydrogen) atoms. The number of aliphatic hydroxyl groups excluding tert-OH is 4. The molecule has 0 saturated carbocycles. The average Bonchev–Trinajstić information content (AvgIpc) is 0.869. The summed E-state index contributed by atoms with van der Waals surface area (Å²) in [6.07, 6.45) is 34.2. The van der Waals surface area contributed by atoms with Crippen molar-refractivity contribution in [1.29, 1.82) is 0 Å². The zero-order valence-corrected chi connectivity index (χ0v) is 82.9. The Kier molecular flexibility index (Phi) is 48.7. The molecule has 0 atom stereocenters.